The Morgan fingerprint density at radius 1 is 1.26 bits per heavy atom. The lowest BCUT2D eigenvalue weighted by Gasteiger charge is -2.39. The quantitative estimate of drug-likeness (QED) is 0.852. The van der Waals surface area contributed by atoms with E-state index in [0.29, 0.717) is 30.8 Å². The van der Waals surface area contributed by atoms with Gasteiger partial charge in [0.25, 0.3) is 0 Å². The van der Waals surface area contributed by atoms with Gasteiger partial charge in [0.2, 0.25) is 5.89 Å². The maximum Gasteiger partial charge on any atom is 0.410 e. The maximum absolute atomic E-state index is 11.9. The Hall–Kier alpha value is -1.59. The van der Waals surface area contributed by atoms with Crippen LogP contribution in [0.2, 0.25) is 0 Å². The summed E-state index contributed by atoms with van der Waals surface area (Å²) in [6.45, 7) is 7.06. The number of likely N-dealkylation sites (tertiary alicyclic amines) is 1. The molecule has 0 spiro atoms. The number of hydrogen-bond donors (Lipinski definition) is 0. The molecule has 1 aliphatic heterocycles. The van der Waals surface area contributed by atoms with Gasteiger partial charge < -0.3 is 14.2 Å². The normalized spacial score (nSPS) is 20.4. The largest absolute Gasteiger partial charge is 0.444 e. The van der Waals surface area contributed by atoms with E-state index in [9.17, 15) is 4.79 Å². The Kier molecular flexibility index (Phi) is 4.60. The molecule has 6 nitrogen and oxygen atoms in total. The second kappa shape index (κ2) is 6.49. The molecule has 0 unspecified atom stereocenters. The van der Waals surface area contributed by atoms with E-state index in [2.05, 4.69) is 10.1 Å². The summed E-state index contributed by atoms with van der Waals surface area (Å²) < 4.78 is 10.8. The van der Waals surface area contributed by atoms with Crippen LogP contribution in [0.25, 0.3) is 0 Å². The van der Waals surface area contributed by atoms with Crippen molar-refractivity contribution in [2.45, 2.75) is 70.8 Å². The van der Waals surface area contributed by atoms with E-state index < -0.39 is 5.60 Å². The molecular weight excluding hydrogens is 294 g/mol. The molecule has 1 saturated heterocycles. The number of ether oxygens (including phenoxy) is 1. The number of carbonyl (C=O) groups is 1. The van der Waals surface area contributed by atoms with Crippen LogP contribution in [-0.2, 0) is 11.2 Å². The number of rotatable bonds is 3. The fraction of sp³-hybridized carbons (Fsp3) is 0.824. The molecule has 1 aromatic rings. The highest BCUT2D eigenvalue weighted by Gasteiger charge is 2.35. The van der Waals surface area contributed by atoms with Crippen LogP contribution in [0.4, 0.5) is 4.79 Å². The first-order valence-electron chi connectivity index (χ1n) is 8.71. The van der Waals surface area contributed by atoms with Gasteiger partial charge in [0.05, 0.1) is 0 Å². The van der Waals surface area contributed by atoms with Crippen molar-refractivity contribution < 1.29 is 14.1 Å². The Balaban J connectivity index is 1.45. The van der Waals surface area contributed by atoms with Crippen molar-refractivity contribution >= 4 is 6.09 Å². The van der Waals surface area contributed by atoms with E-state index in [1.807, 2.05) is 20.8 Å². The minimum absolute atomic E-state index is 0.234. The summed E-state index contributed by atoms with van der Waals surface area (Å²) in [6, 6.07) is 0. The molecule has 2 fully saturated rings. The lowest BCUT2D eigenvalue weighted by molar-refractivity contribution is -0.00186. The molecule has 1 aromatic heterocycles. The molecule has 1 saturated carbocycles. The predicted octanol–water partition coefficient (Wildman–Crippen LogP) is 3.53. The van der Waals surface area contributed by atoms with Gasteiger partial charge in [0.15, 0.2) is 5.82 Å². The van der Waals surface area contributed by atoms with Crippen LogP contribution in [0.5, 0.6) is 0 Å². The summed E-state index contributed by atoms with van der Waals surface area (Å²) >= 11 is 0. The third-order valence-corrected chi connectivity index (χ3v) is 4.53. The first-order valence-corrected chi connectivity index (χ1v) is 8.71. The number of hydrogen-bond acceptors (Lipinski definition) is 5. The van der Waals surface area contributed by atoms with E-state index in [4.69, 9.17) is 9.26 Å². The fourth-order valence-corrected chi connectivity index (χ4v) is 3.30. The second-order valence-corrected chi connectivity index (χ2v) is 7.84. The number of carbonyl (C=O) groups excluding carboxylic acids is 1. The zero-order valence-electron chi connectivity index (χ0n) is 14.4. The molecule has 0 radical (unpaired) electrons. The Morgan fingerprint density at radius 3 is 2.61 bits per heavy atom. The predicted molar refractivity (Wildman–Crippen MR) is 85.1 cm³/mol. The van der Waals surface area contributed by atoms with Crippen LogP contribution >= 0.6 is 0 Å². The molecule has 2 heterocycles. The molecule has 0 bridgehead atoms. The maximum atomic E-state index is 11.9. The summed E-state index contributed by atoms with van der Waals surface area (Å²) in [5.41, 5.74) is -0.441. The third kappa shape index (κ3) is 4.24. The highest BCUT2D eigenvalue weighted by molar-refractivity contribution is 5.69. The molecule has 23 heavy (non-hydrogen) atoms. The number of aromatic nitrogens is 2. The van der Waals surface area contributed by atoms with Crippen molar-refractivity contribution in [2.24, 2.45) is 5.92 Å². The van der Waals surface area contributed by atoms with E-state index in [1.54, 1.807) is 4.90 Å². The molecule has 3 rings (SSSR count). The van der Waals surface area contributed by atoms with Crippen molar-refractivity contribution in [3.8, 4) is 0 Å². The van der Waals surface area contributed by atoms with Gasteiger partial charge in [0, 0.05) is 31.3 Å². The highest BCUT2D eigenvalue weighted by Crippen LogP contribution is 2.31. The van der Waals surface area contributed by atoms with Gasteiger partial charge in [-0.25, -0.2) is 4.79 Å². The zero-order valence-corrected chi connectivity index (χ0v) is 14.4. The first-order chi connectivity index (χ1) is 10.9. The van der Waals surface area contributed by atoms with Crippen molar-refractivity contribution in [1.82, 2.24) is 15.0 Å². The number of amides is 1. The van der Waals surface area contributed by atoms with Crippen LogP contribution in [0.3, 0.4) is 0 Å². The standard InChI is InChI=1S/C17H27N3O3/c1-17(2,3)22-16(21)20-10-12(11-20)9-14-18-15(19-23-14)13-7-5-4-6-8-13/h12-13H,4-11H2,1-3H3. The van der Waals surface area contributed by atoms with E-state index in [1.165, 1.54) is 32.1 Å². The summed E-state index contributed by atoms with van der Waals surface area (Å²) in [5.74, 6) is 2.45. The summed E-state index contributed by atoms with van der Waals surface area (Å²) in [7, 11) is 0. The van der Waals surface area contributed by atoms with Crippen LogP contribution in [0, 0.1) is 5.92 Å². The SMILES string of the molecule is CC(C)(C)OC(=O)N1CC(Cc2nc(C3CCCCC3)no2)C1. The monoisotopic (exact) mass is 321 g/mol. The fourth-order valence-electron chi connectivity index (χ4n) is 3.30. The average Bonchev–Trinajstić information content (AvgIpc) is 2.90. The molecular formula is C17H27N3O3. The summed E-state index contributed by atoms with van der Waals surface area (Å²) in [5, 5.41) is 4.16. The van der Waals surface area contributed by atoms with Crippen molar-refractivity contribution in [3.63, 3.8) is 0 Å². The van der Waals surface area contributed by atoms with Gasteiger partial charge in [-0.15, -0.1) is 0 Å². The zero-order chi connectivity index (χ0) is 16.4. The van der Waals surface area contributed by atoms with Crippen molar-refractivity contribution in [1.29, 1.82) is 0 Å². The Labute approximate surface area is 137 Å². The van der Waals surface area contributed by atoms with Gasteiger partial charge in [0.1, 0.15) is 5.60 Å². The molecule has 0 aromatic carbocycles. The van der Waals surface area contributed by atoms with E-state index in [-0.39, 0.29) is 6.09 Å². The molecule has 0 N–H and O–H groups in total. The summed E-state index contributed by atoms with van der Waals surface area (Å²) in [6.07, 6.45) is 6.72. The van der Waals surface area contributed by atoms with Gasteiger partial charge >= 0.3 is 6.09 Å². The molecule has 1 amide bonds. The second-order valence-electron chi connectivity index (χ2n) is 7.84. The number of nitrogens with zero attached hydrogens (tertiary/aromatic N) is 3. The molecule has 128 valence electrons. The van der Waals surface area contributed by atoms with Crippen LogP contribution < -0.4 is 0 Å². The summed E-state index contributed by atoms with van der Waals surface area (Å²) in [4.78, 5) is 18.2. The topological polar surface area (TPSA) is 68.5 Å². The smallest absolute Gasteiger partial charge is 0.410 e. The van der Waals surface area contributed by atoms with Crippen molar-refractivity contribution in [3.05, 3.63) is 11.7 Å². The van der Waals surface area contributed by atoms with Gasteiger partial charge in [-0.05, 0) is 33.6 Å². The minimum atomic E-state index is -0.441. The lowest BCUT2D eigenvalue weighted by atomic mass is 9.89. The highest BCUT2D eigenvalue weighted by atomic mass is 16.6. The van der Waals surface area contributed by atoms with Crippen LogP contribution in [-0.4, -0.2) is 39.8 Å². The average molecular weight is 321 g/mol. The minimum Gasteiger partial charge on any atom is -0.444 e. The van der Waals surface area contributed by atoms with Crippen LogP contribution in [0.15, 0.2) is 4.52 Å². The lowest BCUT2D eigenvalue weighted by Crippen LogP contribution is -2.52. The molecule has 2 aliphatic rings. The van der Waals surface area contributed by atoms with E-state index >= 15 is 0 Å². The molecule has 1 aliphatic carbocycles. The Morgan fingerprint density at radius 2 is 1.96 bits per heavy atom. The molecule has 0 atom stereocenters. The van der Waals surface area contributed by atoms with E-state index in [0.717, 1.165) is 12.2 Å². The van der Waals surface area contributed by atoms with Crippen molar-refractivity contribution in [2.75, 3.05) is 13.1 Å². The van der Waals surface area contributed by atoms with Crippen LogP contribution in [0.1, 0.15) is 70.5 Å². The molecule has 6 heteroatoms. The first kappa shape index (κ1) is 16.3. The van der Waals surface area contributed by atoms with Gasteiger partial charge in [-0.3, -0.25) is 0 Å². The Bertz CT molecular complexity index is 538. The third-order valence-electron chi connectivity index (χ3n) is 4.53. The van der Waals surface area contributed by atoms with Gasteiger partial charge in [-0.1, -0.05) is 24.4 Å². The van der Waals surface area contributed by atoms with Gasteiger partial charge in [-0.2, -0.15) is 4.98 Å².